The zero-order valence-electron chi connectivity index (χ0n) is 12.6. The molecule has 3 aromatic rings. The van der Waals surface area contributed by atoms with E-state index in [-0.39, 0.29) is 5.89 Å². The zero-order chi connectivity index (χ0) is 16.2. The number of aromatic nitrogens is 2. The number of hydrogen-bond acceptors (Lipinski definition) is 6. The van der Waals surface area contributed by atoms with E-state index in [9.17, 15) is 4.79 Å². The Bertz CT molecular complexity index is 931. The van der Waals surface area contributed by atoms with Gasteiger partial charge in [-0.05, 0) is 35.9 Å². The Labute approximate surface area is 132 Å². The Morgan fingerprint density at radius 2 is 1.91 bits per heavy atom. The summed E-state index contributed by atoms with van der Waals surface area (Å²) in [5, 5.41) is 0.357. The van der Waals surface area contributed by atoms with Crippen LogP contribution in [0.2, 0.25) is 0 Å². The molecule has 0 aliphatic carbocycles. The van der Waals surface area contributed by atoms with Gasteiger partial charge >= 0.3 is 5.63 Å². The molecular formula is C17H14N2O4. The number of rotatable bonds is 4. The first-order valence-corrected chi connectivity index (χ1v) is 6.87. The highest BCUT2D eigenvalue weighted by atomic mass is 16.5. The first kappa shape index (κ1) is 14.8. The molecule has 2 heterocycles. The average Bonchev–Trinajstić information content (AvgIpc) is 2.59. The Hall–Kier alpha value is -3.15. The molecule has 0 radical (unpaired) electrons. The van der Waals surface area contributed by atoms with Gasteiger partial charge in [-0.25, -0.2) is 9.78 Å². The lowest BCUT2D eigenvalue weighted by atomic mass is 10.2. The molecule has 116 valence electrons. The topological polar surface area (TPSA) is 74.5 Å². The minimum atomic E-state index is -0.463. The molecule has 6 heteroatoms. The third-order valence-corrected chi connectivity index (χ3v) is 3.25. The number of nitrogens with zero attached hydrogens (tertiary/aromatic N) is 2. The molecule has 0 unspecified atom stereocenters. The van der Waals surface area contributed by atoms with E-state index in [0.29, 0.717) is 22.5 Å². The average molecular weight is 310 g/mol. The van der Waals surface area contributed by atoms with Gasteiger partial charge in [0.05, 0.1) is 14.2 Å². The molecular weight excluding hydrogens is 296 g/mol. The predicted octanol–water partition coefficient (Wildman–Crippen LogP) is 2.77. The second-order valence-corrected chi connectivity index (χ2v) is 4.66. The molecule has 0 amide bonds. The predicted molar refractivity (Wildman–Crippen MR) is 86.5 cm³/mol. The van der Waals surface area contributed by atoms with E-state index < -0.39 is 5.63 Å². The Balaban J connectivity index is 1.95. The second kappa shape index (κ2) is 6.31. The normalized spacial score (nSPS) is 11.0. The Morgan fingerprint density at radius 1 is 1.09 bits per heavy atom. The van der Waals surface area contributed by atoms with Crippen molar-refractivity contribution >= 4 is 23.2 Å². The Morgan fingerprint density at radius 3 is 2.70 bits per heavy atom. The molecule has 0 aliphatic heterocycles. The van der Waals surface area contributed by atoms with Crippen molar-refractivity contribution in [3.63, 3.8) is 0 Å². The fourth-order valence-electron chi connectivity index (χ4n) is 2.12. The van der Waals surface area contributed by atoms with Crippen molar-refractivity contribution in [3.05, 3.63) is 58.4 Å². The molecule has 0 aliphatic rings. The van der Waals surface area contributed by atoms with Crippen LogP contribution >= 0.6 is 0 Å². The number of ether oxygens (including phenoxy) is 2. The highest BCUT2D eigenvalue weighted by Gasteiger charge is 2.05. The van der Waals surface area contributed by atoms with E-state index in [0.717, 1.165) is 5.56 Å². The molecule has 0 fully saturated rings. The standard InChI is InChI=1S/C17H14N2O4/c1-21-13-7-5-11(10-14(13)22-2)6-8-15-19-16-12(17(20)23-15)4-3-9-18-16/h3-10H,1-2H3/b8-6+. The van der Waals surface area contributed by atoms with Crippen LogP contribution < -0.4 is 15.1 Å². The molecule has 0 bridgehead atoms. The van der Waals surface area contributed by atoms with Gasteiger partial charge in [-0.2, -0.15) is 4.98 Å². The number of fused-ring (bicyclic) bond motifs is 1. The number of methoxy groups -OCH3 is 2. The summed E-state index contributed by atoms with van der Waals surface area (Å²) in [7, 11) is 3.15. The van der Waals surface area contributed by atoms with Crippen molar-refractivity contribution in [1.82, 2.24) is 9.97 Å². The van der Waals surface area contributed by atoms with Gasteiger partial charge in [0.2, 0.25) is 5.89 Å². The van der Waals surface area contributed by atoms with Gasteiger partial charge in [-0.1, -0.05) is 6.07 Å². The maximum Gasteiger partial charge on any atom is 0.348 e. The first-order valence-electron chi connectivity index (χ1n) is 6.87. The maximum atomic E-state index is 11.9. The number of hydrogen-bond donors (Lipinski definition) is 0. The van der Waals surface area contributed by atoms with Crippen molar-refractivity contribution < 1.29 is 13.9 Å². The van der Waals surface area contributed by atoms with Crippen LogP contribution in [-0.2, 0) is 0 Å². The van der Waals surface area contributed by atoms with E-state index in [1.165, 1.54) is 0 Å². The smallest absolute Gasteiger partial charge is 0.348 e. The molecule has 2 aromatic heterocycles. The van der Waals surface area contributed by atoms with E-state index in [4.69, 9.17) is 13.9 Å². The summed E-state index contributed by atoms with van der Waals surface area (Å²) < 4.78 is 15.6. The van der Waals surface area contributed by atoms with Crippen molar-refractivity contribution in [2.24, 2.45) is 0 Å². The van der Waals surface area contributed by atoms with Gasteiger partial charge in [0.15, 0.2) is 17.1 Å². The van der Waals surface area contributed by atoms with Gasteiger partial charge in [0.25, 0.3) is 0 Å². The van der Waals surface area contributed by atoms with E-state index >= 15 is 0 Å². The van der Waals surface area contributed by atoms with Crippen LogP contribution in [0, 0.1) is 0 Å². The van der Waals surface area contributed by atoms with Crippen LogP contribution in [0.4, 0.5) is 0 Å². The minimum Gasteiger partial charge on any atom is -0.493 e. The molecule has 0 spiro atoms. The lowest BCUT2D eigenvalue weighted by molar-refractivity contribution is 0.355. The van der Waals surface area contributed by atoms with Gasteiger partial charge in [0, 0.05) is 12.3 Å². The van der Waals surface area contributed by atoms with Crippen molar-refractivity contribution in [2.45, 2.75) is 0 Å². The summed E-state index contributed by atoms with van der Waals surface area (Å²) in [5.74, 6) is 1.45. The van der Waals surface area contributed by atoms with Crippen LogP contribution in [0.15, 0.2) is 45.7 Å². The lowest BCUT2D eigenvalue weighted by Crippen LogP contribution is -2.03. The monoisotopic (exact) mass is 310 g/mol. The van der Waals surface area contributed by atoms with Crippen LogP contribution in [-0.4, -0.2) is 24.2 Å². The summed E-state index contributed by atoms with van der Waals surface area (Å²) >= 11 is 0. The van der Waals surface area contributed by atoms with Crippen LogP contribution in [0.3, 0.4) is 0 Å². The van der Waals surface area contributed by atoms with Gasteiger partial charge < -0.3 is 13.9 Å². The molecule has 23 heavy (non-hydrogen) atoms. The molecule has 0 saturated heterocycles. The highest BCUT2D eigenvalue weighted by molar-refractivity contribution is 5.74. The SMILES string of the molecule is COc1ccc(/C=C/c2nc3ncccc3c(=O)o2)cc1OC. The van der Waals surface area contributed by atoms with Crippen molar-refractivity contribution in [1.29, 1.82) is 0 Å². The van der Waals surface area contributed by atoms with E-state index in [1.54, 1.807) is 50.8 Å². The molecule has 0 saturated carbocycles. The second-order valence-electron chi connectivity index (χ2n) is 4.66. The van der Waals surface area contributed by atoms with Gasteiger partial charge in [0.1, 0.15) is 5.39 Å². The van der Waals surface area contributed by atoms with Crippen LogP contribution in [0.25, 0.3) is 23.2 Å². The van der Waals surface area contributed by atoms with Crippen molar-refractivity contribution in [3.8, 4) is 11.5 Å². The van der Waals surface area contributed by atoms with E-state index in [2.05, 4.69) is 9.97 Å². The van der Waals surface area contributed by atoms with Crippen LogP contribution in [0.5, 0.6) is 11.5 Å². The number of pyridine rings is 1. The van der Waals surface area contributed by atoms with E-state index in [1.807, 2.05) is 12.1 Å². The summed E-state index contributed by atoms with van der Waals surface area (Å²) in [6, 6.07) is 8.76. The maximum absolute atomic E-state index is 11.9. The highest BCUT2D eigenvalue weighted by Crippen LogP contribution is 2.28. The largest absolute Gasteiger partial charge is 0.493 e. The molecule has 6 nitrogen and oxygen atoms in total. The first-order chi connectivity index (χ1) is 11.2. The molecule has 3 rings (SSSR count). The fourth-order valence-corrected chi connectivity index (χ4v) is 2.12. The lowest BCUT2D eigenvalue weighted by Gasteiger charge is -2.07. The third kappa shape index (κ3) is 3.06. The summed E-state index contributed by atoms with van der Waals surface area (Å²) in [6.45, 7) is 0. The quantitative estimate of drug-likeness (QED) is 0.737. The van der Waals surface area contributed by atoms with Gasteiger partial charge in [-0.3, -0.25) is 0 Å². The van der Waals surface area contributed by atoms with Crippen molar-refractivity contribution in [2.75, 3.05) is 14.2 Å². The zero-order valence-corrected chi connectivity index (χ0v) is 12.6. The summed E-state index contributed by atoms with van der Waals surface area (Å²) in [6.07, 6.45) is 4.95. The summed E-state index contributed by atoms with van der Waals surface area (Å²) in [4.78, 5) is 20.2. The third-order valence-electron chi connectivity index (χ3n) is 3.25. The summed E-state index contributed by atoms with van der Waals surface area (Å²) in [5.41, 5.74) is 0.749. The molecule has 0 atom stereocenters. The Kier molecular flexibility index (Phi) is 4.05. The molecule has 0 N–H and O–H groups in total. The molecule has 1 aromatic carbocycles. The fraction of sp³-hybridized carbons (Fsp3) is 0.118. The van der Waals surface area contributed by atoms with Gasteiger partial charge in [-0.15, -0.1) is 0 Å². The minimum absolute atomic E-state index is 0.191. The van der Waals surface area contributed by atoms with Crippen LogP contribution in [0.1, 0.15) is 11.5 Å². The number of benzene rings is 1.